The third-order valence-corrected chi connectivity index (χ3v) is 3.19. The van der Waals surface area contributed by atoms with Crippen LogP contribution in [0.1, 0.15) is 15.2 Å². The number of aromatic carboxylic acids is 1. The molecule has 88 valence electrons. The molecule has 4 nitrogen and oxygen atoms in total. The molecule has 0 atom stereocenters. The second kappa shape index (κ2) is 4.88. The van der Waals surface area contributed by atoms with Crippen LogP contribution in [0.15, 0.2) is 35.7 Å². The number of hydrogen-bond donors (Lipinski definition) is 2. The predicted molar refractivity (Wildman–Crippen MR) is 66.5 cm³/mol. The van der Waals surface area contributed by atoms with Gasteiger partial charge in [0, 0.05) is 5.56 Å². The number of carboxylic acids is 1. The number of para-hydroxylation sites is 2. The van der Waals surface area contributed by atoms with Gasteiger partial charge in [-0.15, -0.1) is 11.3 Å². The molecule has 0 radical (unpaired) electrons. The normalized spacial score (nSPS) is 10.1. The Morgan fingerprint density at radius 3 is 2.82 bits per heavy atom. The third-order valence-electron chi connectivity index (χ3n) is 2.24. The van der Waals surface area contributed by atoms with Crippen LogP contribution in [0.2, 0.25) is 0 Å². The molecule has 0 bridgehead atoms. The maximum atomic E-state index is 10.9. The number of rotatable bonds is 4. The first kappa shape index (κ1) is 11.5. The molecule has 0 aliphatic heterocycles. The summed E-state index contributed by atoms with van der Waals surface area (Å²) in [7, 11) is 0. The molecular weight excluding hydrogens is 238 g/mol. The Morgan fingerprint density at radius 1 is 1.35 bits per heavy atom. The van der Waals surface area contributed by atoms with Crippen LogP contribution < -0.4 is 10.5 Å². The number of hydrogen-bond acceptors (Lipinski definition) is 4. The summed E-state index contributed by atoms with van der Waals surface area (Å²) in [5, 5.41) is 10.7. The lowest BCUT2D eigenvalue weighted by atomic mass is 10.2. The summed E-state index contributed by atoms with van der Waals surface area (Å²) >= 11 is 1.19. The molecule has 5 heteroatoms. The molecular formula is C12H11NO3S. The zero-order valence-electron chi connectivity index (χ0n) is 8.92. The van der Waals surface area contributed by atoms with Crippen LogP contribution in [-0.4, -0.2) is 11.1 Å². The maximum absolute atomic E-state index is 10.9. The molecule has 0 fully saturated rings. The van der Waals surface area contributed by atoms with Gasteiger partial charge in [-0.05, 0) is 23.6 Å². The Labute approximate surface area is 102 Å². The summed E-state index contributed by atoms with van der Waals surface area (Å²) < 4.78 is 5.49. The van der Waals surface area contributed by atoms with Crippen molar-refractivity contribution in [3.8, 4) is 5.75 Å². The van der Waals surface area contributed by atoms with Gasteiger partial charge >= 0.3 is 5.97 Å². The van der Waals surface area contributed by atoms with E-state index in [0.29, 0.717) is 21.9 Å². The van der Waals surface area contributed by atoms with Crippen molar-refractivity contribution in [2.24, 2.45) is 0 Å². The van der Waals surface area contributed by atoms with Gasteiger partial charge in [-0.1, -0.05) is 12.1 Å². The SMILES string of the molecule is Nc1ccccc1OCc1ccsc1C(=O)O. The third kappa shape index (κ3) is 2.57. The number of nitrogens with two attached hydrogens (primary N) is 1. The molecule has 0 saturated carbocycles. The standard InChI is InChI=1S/C12H11NO3S/c13-9-3-1-2-4-10(9)16-7-8-5-6-17-11(8)12(14)15/h1-6H,7,13H2,(H,14,15). The van der Waals surface area contributed by atoms with Crippen LogP contribution in [0.25, 0.3) is 0 Å². The van der Waals surface area contributed by atoms with Gasteiger partial charge in [-0.3, -0.25) is 0 Å². The minimum atomic E-state index is -0.931. The van der Waals surface area contributed by atoms with Gasteiger partial charge in [0.25, 0.3) is 0 Å². The van der Waals surface area contributed by atoms with Crippen LogP contribution in [0.5, 0.6) is 5.75 Å². The molecule has 0 aliphatic rings. The van der Waals surface area contributed by atoms with Crippen molar-refractivity contribution >= 4 is 23.0 Å². The van der Waals surface area contributed by atoms with E-state index in [9.17, 15) is 4.79 Å². The van der Waals surface area contributed by atoms with Crippen LogP contribution in [0.3, 0.4) is 0 Å². The van der Waals surface area contributed by atoms with E-state index in [-0.39, 0.29) is 6.61 Å². The van der Waals surface area contributed by atoms with E-state index in [2.05, 4.69) is 0 Å². The minimum absolute atomic E-state index is 0.208. The minimum Gasteiger partial charge on any atom is -0.487 e. The Morgan fingerprint density at radius 2 is 2.12 bits per heavy atom. The first-order chi connectivity index (χ1) is 8.18. The van der Waals surface area contributed by atoms with Crippen molar-refractivity contribution in [2.45, 2.75) is 6.61 Å². The molecule has 1 aromatic carbocycles. The number of thiophene rings is 1. The quantitative estimate of drug-likeness (QED) is 0.817. The Kier molecular flexibility index (Phi) is 3.30. The van der Waals surface area contributed by atoms with Gasteiger partial charge in [0.2, 0.25) is 0 Å². The number of nitrogen functional groups attached to an aromatic ring is 1. The van der Waals surface area contributed by atoms with E-state index in [4.69, 9.17) is 15.6 Å². The first-order valence-electron chi connectivity index (χ1n) is 4.95. The van der Waals surface area contributed by atoms with Gasteiger partial charge in [-0.2, -0.15) is 0 Å². The fraction of sp³-hybridized carbons (Fsp3) is 0.0833. The van der Waals surface area contributed by atoms with E-state index in [1.807, 2.05) is 12.1 Å². The highest BCUT2D eigenvalue weighted by Crippen LogP contribution is 2.23. The largest absolute Gasteiger partial charge is 0.487 e. The zero-order chi connectivity index (χ0) is 12.3. The molecule has 3 N–H and O–H groups in total. The summed E-state index contributed by atoms with van der Waals surface area (Å²) in [4.78, 5) is 11.2. The monoisotopic (exact) mass is 249 g/mol. The highest BCUT2D eigenvalue weighted by Gasteiger charge is 2.12. The fourth-order valence-electron chi connectivity index (χ4n) is 1.40. The van der Waals surface area contributed by atoms with E-state index < -0.39 is 5.97 Å². The Bertz CT molecular complexity index is 536. The summed E-state index contributed by atoms with van der Waals surface area (Å²) in [5.41, 5.74) is 6.92. The van der Waals surface area contributed by atoms with Crippen molar-refractivity contribution in [1.29, 1.82) is 0 Å². The van der Waals surface area contributed by atoms with Gasteiger partial charge in [0.05, 0.1) is 5.69 Å². The van der Waals surface area contributed by atoms with Crippen molar-refractivity contribution in [3.05, 3.63) is 46.2 Å². The molecule has 0 unspecified atom stereocenters. The highest BCUT2D eigenvalue weighted by molar-refractivity contribution is 7.12. The van der Waals surface area contributed by atoms with Crippen molar-refractivity contribution < 1.29 is 14.6 Å². The van der Waals surface area contributed by atoms with Gasteiger partial charge in [0.15, 0.2) is 0 Å². The van der Waals surface area contributed by atoms with E-state index >= 15 is 0 Å². The van der Waals surface area contributed by atoms with Crippen LogP contribution in [0.4, 0.5) is 5.69 Å². The topological polar surface area (TPSA) is 72.5 Å². The summed E-state index contributed by atoms with van der Waals surface area (Å²) in [6.45, 7) is 0.208. The van der Waals surface area contributed by atoms with Crippen molar-refractivity contribution in [2.75, 3.05) is 5.73 Å². The summed E-state index contributed by atoms with van der Waals surface area (Å²) in [6, 6.07) is 8.86. The molecule has 1 heterocycles. The molecule has 0 aliphatic carbocycles. The Hall–Kier alpha value is -2.01. The van der Waals surface area contributed by atoms with Gasteiger partial charge in [0.1, 0.15) is 17.2 Å². The molecule has 1 aromatic heterocycles. The van der Waals surface area contributed by atoms with E-state index in [1.165, 1.54) is 11.3 Å². The maximum Gasteiger partial charge on any atom is 0.346 e. The molecule has 0 spiro atoms. The van der Waals surface area contributed by atoms with Crippen LogP contribution in [-0.2, 0) is 6.61 Å². The highest BCUT2D eigenvalue weighted by atomic mass is 32.1. The number of ether oxygens (including phenoxy) is 1. The van der Waals surface area contributed by atoms with E-state index in [1.54, 1.807) is 23.6 Å². The zero-order valence-corrected chi connectivity index (χ0v) is 9.74. The Balaban J connectivity index is 2.10. The average Bonchev–Trinajstić information content (AvgIpc) is 2.76. The fourth-order valence-corrected chi connectivity index (χ4v) is 2.15. The van der Waals surface area contributed by atoms with E-state index in [0.717, 1.165) is 0 Å². The molecule has 2 aromatic rings. The second-order valence-corrected chi connectivity index (χ2v) is 4.32. The van der Waals surface area contributed by atoms with Crippen molar-refractivity contribution in [3.63, 3.8) is 0 Å². The average molecular weight is 249 g/mol. The molecule has 0 amide bonds. The van der Waals surface area contributed by atoms with Crippen LogP contribution >= 0.6 is 11.3 Å². The number of carboxylic acid groups (broad SMARTS) is 1. The van der Waals surface area contributed by atoms with Crippen molar-refractivity contribution in [1.82, 2.24) is 0 Å². The number of carbonyl (C=O) groups is 1. The molecule has 0 saturated heterocycles. The predicted octanol–water partition coefficient (Wildman–Crippen LogP) is 2.61. The number of benzene rings is 1. The van der Waals surface area contributed by atoms with Crippen LogP contribution in [0, 0.1) is 0 Å². The summed E-state index contributed by atoms with van der Waals surface area (Å²) in [6.07, 6.45) is 0. The number of anilines is 1. The van der Waals surface area contributed by atoms with Gasteiger partial charge < -0.3 is 15.6 Å². The summed E-state index contributed by atoms with van der Waals surface area (Å²) in [5.74, 6) is -0.366. The smallest absolute Gasteiger partial charge is 0.346 e. The first-order valence-corrected chi connectivity index (χ1v) is 5.83. The lowest BCUT2D eigenvalue weighted by Crippen LogP contribution is -2.02. The molecule has 2 rings (SSSR count). The molecule has 17 heavy (non-hydrogen) atoms. The lowest BCUT2D eigenvalue weighted by Gasteiger charge is -2.07. The lowest BCUT2D eigenvalue weighted by molar-refractivity contribution is 0.0699. The second-order valence-electron chi connectivity index (χ2n) is 3.41. The van der Waals surface area contributed by atoms with Gasteiger partial charge in [-0.25, -0.2) is 4.79 Å².